The largest absolute Gasteiger partial charge is 0.392 e. The second kappa shape index (κ2) is 6.82. The lowest BCUT2D eigenvalue weighted by Gasteiger charge is -2.15. The molecule has 0 unspecified atom stereocenters. The van der Waals surface area contributed by atoms with Gasteiger partial charge in [-0.25, -0.2) is 9.37 Å². The summed E-state index contributed by atoms with van der Waals surface area (Å²) in [6, 6.07) is 11.4. The van der Waals surface area contributed by atoms with E-state index in [1.807, 2.05) is 0 Å². The molecule has 3 aromatic rings. The zero-order chi connectivity index (χ0) is 18.0. The maximum atomic E-state index is 13.5. The molecule has 0 fully saturated rings. The van der Waals surface area contributed by atoms with Gasteiger partial charge in [0.2, 0.25) is 5.91 Å². The van der Waals surface area contributed by atoms with Crippen molar-refractivity contribution in [1.29, 1.82) is 0 Å². The predicted octanol–water partition coefficient (Wildman–Crippen LogP) is 2.31. The molecule has 0 atom stereocenters. The number of aliphatic hydroxyl groups is 1. The topological polar surface area (TPSA) is 84.2 Å². The average Bonchev–Trinajstić information content (AvgIpc) is 2.61. The molecule has 3 rings (SSSR count). The number of anilines is 1. The molecule has 7 heteroatoms. The van der Waals surface area contributed by atoms with E-state index < -0.39 is 12.2 Å². The number of hydrogen-bond acceptors (Lipinski definition) is 4. The third kappa shape index (κ3) is 3.14. The van der Waals surface area contributed by atoms with Crippen molar-refractivity contribution in [3.63, 3.8) is 0 Å². The number of alkyl halides is 1. The van der Waals surface area contributed by atoms with Gasteiger partial charge in [-0.15, -0.1) is 0 Å². The van der Waals surface area contributed by atoms with Crippen LogP contribution in [0.3, 0.4) is 0 Å². The zero-order valence-corrected chi connectivity index (χ0v) is 13.5. The van der Waals surface area contributed by atoms with Gasteiger partial charge in [-0.1, -0.05) is 18.2 Å². The van der Waals surface area contributed by atoms with Crippen LogP contribution in [-0.2, 0) is 18.1 Å². The van der Waals surface area contributed by atoms with Crippen LogP contribution < -0.4 is 10.9 Å². The molecule has 2 N–H and O–H groups in total. The standard InChI is InChI=1S/C18H16FN3O3/c1-11(24)20-13-6-7-15-14(8-13)18(25)22(17(9-19)21-15)16-5-3-2-4-12(16)10-23/h2-8,23H,9-10H2,1H3,(H,20,24). The normalized spacial score (nSPS) is 10.8. The Morgan fingerprint density at radius 2 is 2.04 bits per heavy atom. The van der Waals surface area contributed by atoms with Crippen LogP contribution in [0, 0.1) is 0 Å². The van der Waals surface area contributed by atoms with Crippen molar-refractivity contribution in [2.24, 2.45) is 0 Å². The van der Waals surface area contributed by atoms with E-state index in [0.717, 1.165) is 4.57 Å². The number of aliphatic hydroxyl groups excluding tert-OH is 1. The highest BCUT2D eigenvalue weighted by atomic mass is 19.1. The molecular weight excluding hydrogens is 325 g/mol. The number of rotatable bonds is 4. The SMILES string of the molecule is CC(=O)Nc1ccc2nc(CF)n(-c3ccccc3CO)c(=O)c2c1. The van der Waals surface area contributed by atoms with E-state index in [2.05, 4.69) is 10.3 Å². The lowest BCUT2D eigenvalue weighted by atomic mass is 10.1. The van der Waals surface area contributed by atoms with E-state index in [0.29, 0.717) is 22.5 Å². The number of carbonyl (C=O) groups is 1. The number of hydrogen-bond donors (Lipinski definition) is 2. The van der Waals surface area contributed by atoms with E-state index in [1.165, 1.54) is 13.0 Å². The van der Waals surface area contributed by atoms with Crippen LogP contribution in [-0.4, -0.2) is 20.6 Å². The molecule has 0 radical (unpaired) electrons. The lowest BCUT2D eigenvalue weighted by Crippen LogP contribution is -2.24. The highest BCUT2D eigenvalue weighted by Gasteiger charge is 2.15. The van der Waals surface area contributed by atoms with Crippen LogP contribution in [0.4, 0.5) is 10.1 Å². The van der Waals surface area contributed by atoms with Crippen molar-refractivity contribution in [3.8, 4) is 5.69 Å². The van der Waals surface area contributed by atoms with Crippen LogP contribution in [0.15, 0.2) is 47.3 Å². The molecule has 25 heavy (non-hydrogen) atoms. The molecule has 0 spiro atoms. The number of nitrogens with one attached hydrogen (secondary N) is 1. The third-order valence-electron chi connectivity index (χ3n) is 3.78. The van der Waals surface area contributed by atoms with Gasteiger partial charge in [0.05, 0.1) is 23.2 Å². The van der Waals surface area contributed by atoms with Crippen molar-refractivity contribution in [1.82, 2.24) is 9.55 Å². The van der Waals surface area contributed by atoms with E-state index in [9.17, 15) is 19.1 Å². The molecular formula is C18H16FN3O3. The first-order chi connectivity index (χ1) is 12.0. The Morgan fingerprint density at radius 1 is 1.28 bits per heavy atom. The van der Waals surface area contributed by atoms with Crippen LogP contribution in [0.5, 0.6) is 0 Å². The molecule has 1 aromatic heterocycles. The quantitative estimate of drug-likeness (QED) is 0.763. The summed E-state index contributed by atoms with van der Waals surface area (Å²) >= 11 is 0. The van der Waals surface area contributed by atoms with Crippen molar-refractivity contribution in [2.45, 2.75) is 20.2 Å². The summed E-state index contributed by atoms with van der Waals surface area (Å²) in [6.07, 6.45) is 0. The Hall–Kier alpha value is -3.06. The Bertz CT molecular complexity index is 1010. The van der Waals surface area contributed by atoms with Gasteiger partial charge in [0, 0.05) is 18.2 Å². The molecule has 0 bridgehead atoms. The molecule has 2 aromatic carbocycles. The highest BCUT2D eigenvalue weighted by molar-refractivity contribution is 5.92. The van der Waals surface area contributed by atoms with Gasteiger partial charge < -0.3 is 10.4 Å². The summed E-state index contributed by atoms with van der Waals surface area (Å²) in [5.41, 5.74) is 1.18. The van der Waals surface area contributed by atoms with Crippen LogP contribution in [0.1, 0.15) is 18.3 Å². The predicted molar refractivity (Wildman–Crippen MR) is 92.4 cm³/mol. The van der Waals surface area contributed by atoms with Gasteiger partial charge in [-0.3, -0.25) is 14.2 Å². The van der Waals surface area contributed by atoms with E-state index >= 15 is 0 Å². The fraction of sp³-hybridized carbons (Fsp3) is 0.167. The number of fused-ring (bicyclic) bond motifs is 1. The van der Waals surface area contributed by atoms with Crippen molar-refractivity contribution in [2.75, 3.05) is 5.32 Å². The number of benzene rings is 2. The van der Waals surface area contributed by atoms with Gasteiger partial charge in [-0.05, 0) is 24.3 Å². The summed E-state index contributed by atoms with van der Waals surface area (Å²) in [5.74, 6) is -0.315. The molecule has 6 nitrogen and oxygen atoms in total. The summed E-state index contributed by atoms with van der Waals surface area (Å²) in [5, 5.41) is 12.4. The molecule has 1 amide bonds. The molecule has 0 saturated heterocycles. The fourth-order valence-corrected chi connectivity index (χ4v) is 2.71. The van der Waals surface area contributed by atoms with Crippen LogP contribution in [0.2, 0.25) is 0 Å². The minimum atomic E-state index is -0.932. The minimum Gasteiger partial charge on any atom is -0.392 e. The Balaban J connectivity index is 2.32. The van der Waals surface area contributed by atoms with Crippen LogP contribution >= 0.6 is 0 Å². The van der Waals surface area contributed by atoms with Crippen molar-refractivity contribution in [3.05, 3.63) is 64.2 Å². The van der Waals surface area contributed by atoms with E-state index in [-0.39, 0.29) is 23.7 Å². The van der Waals surface area contributed by atoms with Gasteiger partial charge in [0.25, 0.3) is 5.56 Å². The Labute approximate surface area is 142 Å². The lowest BCUT2D eigenvalue weighted by molar-refractivity contribution is -0.114. The third-order valence-corrected chi connectivity index (χ3v) is 3.78. The van der Waals surface area contributed by atoms with Crippen molar-refractivity contribution < 1.29 is 14.3 Å². The van der Waals surface area contributed by atoms with Gasteiger partial charge in [-0.2, -0.15) is 0 Å². The fourth-order valence-electron chi connectivity index (χ4n) is 2.71. The first kappa shape index (κ1) is 16.8. The molecule has 0 saturated carbocycles. The van der Waals surface area contributed by atoms with Gasteiger partial charge in [0.1, 0.15) is 12.5 Å². The smallest absolute Gasteiger partial charge is 0.266 e. The summed E-state index contributed by atoms with van der Waals surface area (Å²) in [6.45, 7) is 0.140. The van der Waals surface area contributed by atoms with Gasteiger partial charge in [0.15, 0.2) is 0 Å². The summed E-state index contributed by atoms with van der Waals surface area (Å²) < 4.78 is 14.7. The molecule has 1 heterocycles. The van der Waals surface area contributed by atoms with Gasteiger partial charge >= 0.3 is 0 Å². The minimum absolute atomic E-state index is 0.0503. The summed E-state index contributed by atoms with van der Waals surface area (Å²) in [7, 11) is 0. The van der Waals surface area contributed by atoms with E-state index in [4.69, 9.17) is 0 Å². The summed E-state index contributed by atoms with van der Waals surface area (Å²) in [4.78, 5) is 28.4. The first-order valence-corrected chi connectivity index (χ1v) is 7.63. The molecule has 0 aliphatic rings. The Morgan fingerprint density at radius 3 is 2.72 bits per heavy atom. The maximum Gasteiger partial charge on any atom is 0.266 e. The molecule has 0 aliphatic carbocycles. The van der Waals surface area contributed by atoms with Crippen LogP contribution in [0.25, 0.3) is 16.6 Å². The average molecular weight is 341 g/mol. The number of amides is 1. The zero-order valence-electron chi connectivity index (χ0n) is 13.5. The first-order valence-electron chi connectivity index (χ1n) is 7.63. The number of aromatic nitrogens is 2. The monoisotopic (exact) mass is 341 g/mol. The number of nitrogens with zero attached hydrogens (tertiary/aromatic N) is 2. The highest BCUT2D eigenvalue weighted by Crippen LogP contribution is 2.20. The molecule has 128 valence electrons. The molecule has 0 aliphatic heterocycles. The number of para-hydroxylation sites is 1. The second-order valence-electron chi connectivity index (χ2n) is 5.50. The Kier molecular flexibility index (Phi) is 4.58. The maximum absolute atomic E-state index is 13.5. The second-order valence-corrected chi connectivity index (χ2v) is 5.50. The number of halogens is 1. The van der Waals surface area contributed by atoms with E-state index in [1.54, 1.807) is 36.4 Å². The number of carbonyl (C=O) groups excluding carboxylic acids is 1. The van der Waals surface area contributed by atoms with Crippen molar-refractivity contribution >= 4 is 22.5 Å².